The quantitative estimate of drug-likeness (QED) is 0.780. The summed E-state index contributed by atoms with van der Waals surface area (Å²) >= 11 is 0. The van der Waals surface area contributed by atoms with Crippen LogP contribution in [-0.2, 0) is 11.2 Å². The van der Waals surface area contributed by atoms with Gasteiger partial charge in [0.1, 0.15) is 11.6 Å². The molecule has 0 aliphatic rings. The van der Waals surface area contributed by atoms with Crippen LogP contribution in [0.25, 0.3) is 0 Å². The number of rotatable bonds is 2. The van der Waals surface area contributed by atoms with E-state index in [4.69, 9.17) is 10.4 Å². The molecule has 3 nitrogen and oxygen atoms in total. The Balaban J connectivity index is 3.19. The molecule has 0 spiro atoms. The third-order valence-corrected chi connectivity index (χ3v) is 1.60. The summed E-state index contributed by atoms with van der Waals surface area (Å²) in [6, 6.07) is 3.18. The second-order valence-electron chi connectivity index (χ2n) is 2.60. The van der Waals surface area contributed by atoms with Crippen LogP contribution in [0, 0.1) is 23.0 Å². The Bertz CT molecular complexity index is 400. The summed E-state index contributed by atoms with van der Waals surface area (Å²) in [5, 5.41) is 16.7. The highest BCUT2D eigenvalue weighted by Gasteiger charge is 2.13. The van der Waals surface area contributed by atoms with Gasteiger partial charge < -0.3 is 5.11 Å². The van der Waals surface area contributed by atoms with Crippen molar-refractivity contribution in [3.8, 4) is 6.07 Å². The van der Waals surface area contributed by atoms with Gasteiger partial charge in [0.2, 0.25) is 0 Å². The monoisotopic (exact) mass is 197 g/mol. The number of benzene rings is 1. The first-order valence-electron chi connectivity index (χ1n) is 3.64. The van der Waals surface area contributed by atoms with E-state index in [1.807, 2.05) is 0 Å². The maximum Gasteiger partial charge on any atom is 0.308 e. The molecule has 0 unspecified atom stereocenters. The molecule has 1 aromatic rings. The third kappa shape index (κ3) is 2.04. The molecule has 0 saturated carbocycles. The minimum Gasteiger partial charge on any atom is -0.481 e. The van der Waals surface area contributed by atoms with Gasteiger partial charge in [-0.3, -0.25) is 4.79 Å². The van der Waals surface area contributed by atoms with E-state index < -0.39 is 29.6 Å². The van der Waals surface area contributed by atoms with E-state index >= 15 is 0 Å². The Morgan fingerprint density at radius 3 is 2.29 bits per heavy atom. The molecule has 0 heterocycles. The molecule has 1 N–H and O–H groups in total. The number of carboxylic acid groups (broad SMARTS) is 1. The molecule has 5 heteroatoms. The molecule has 72 valence electrons. The Morgan fingerprint density at radius 2 is 1.93 bits per heavy atom. The zero-order valence-corrected chi connectivity index (χ0v) is 6.92. The van der Waals surface area contributed by atoms with Crippen molar-refractivity contribution in [2.24, 2.45) is 0 Å². The van der Waals surface area contributed by atoms with Gasteiger partial charge in [0, 0.05) is 5.56 Å². The second-order valence-corrected chi connectivity index (χ2v) is 2.60. The summed E-state index contributed by atoms with van der Waals surface area (Å²) in [6.07, 6.45) is -0.733. The normalized spacial score (nSPS) is 9.50. The number of carbonyl (C=O) groups is 1. The van der Waals surface area contributed by atoms with Crippen molar-refractivity contribution in [2.45, 2.75) is 6.42 Å². The van der Waals surface area contributed by atoms with E-state index in [2.05, 4.69) is 0 Å². The molecule has 1 aromatic carbocycles. The average Bonchev–Trinajstić information content (AvgIpc) is 2.10. The molecule has 0 atom stereocenters. The first-order chi connectivity index (χ1) is 6.54. The Kier molecular flexibility index (Phi) is 2.77. The van der Waals surface area contributed by atoms with Gasteiger partial charge in [0.05, 0.1) is 18.1 Å². The van der Waals surface area contributed by atoms with Crippen molar-refractivity contribution in [2.75, 3.05) is 0 Å². The zero-order valence-electron chi connectivity index (χ0n) is 6.92. The molecular formula is C9H5F2NO2. The number of carboxylic acids is 1. The van der Waals surface area contributed by atoms with Crippen LogP contribution in [0.15, 0.2) is 12.1 Å². The molecule has 0 fully saturated rings. The molecular weight excluding hydrogens is 192 g/mol. The first-order valence-corrected chi connectivity index (χ1v) is 3.64. The lowest BCUT2D eigenvalue weighted by molar-refractivity contribution is -0.136. The lowest BCUT2D eigenvalue weighted by Crippen LogP contribution is -2.05. The summed E-state index contributed by atoms with van der Waals surface area (Å²) < 4.78 is 26.0. The summed E-state index contributed by atoms with van der Waals surface area (Å²) in [6.45, 7) is 0. The van der Waals surface area contributed by atoms with Gasteiger partial charge in [-0.25, -0.2) is 8.78 Å². The highest BCUT2D eigenvalue weighted by atomic mass is 19.1. The van der Waals surface area contributed by atoms with Crippen molar-refractivity contribution < 1.29 is 18.7 Å². The van der Waals surface area contributed by atoms with Crippen LogP contribution < -0.4 is 0 Å². The molecule has 0 radical (unpaired) electrons. The Hall–Kier alpha value is -1.96. The Labute approximate surface area is 78.2 Å². The van der Waals surface area contributed by atoms with Crippen molar-refractivity contribution >= 4 is 5.97 Å². The van der Waals surface area contributed by atoms with Crippen LogP contribution >= 0.6 is 0 Å². The molecule has 0 bridgehead atoms. The van der Waals surface area contributed by atoms with E-state index in [1.165, 1.54) is 0 Å². The summed E-state index contributed by atoms with van der Waals surface area (Å²) in [5.41, 5.74) is -0.703. The van der Waals surface area contributed by atoms with Crippen LogP contribution in [0.4, 0.5) is 8.78 Å². The predicted octanol–water partition coefficient (Wildman–Crippen LogP) is 1.46. The molecule has 14 heavy (non-hydrogen) atoms. The van der Waals surface area contributed by atoms with E-state index in [0.29, 0.717) is 0 Å². The minimum atomic E-state index is -1.33. The molecule has 0 saturated heterocycles. The minimum absolute atomic E-state index is 0.172. The van der Waals surface area contributed by atoms with Gasteiger partial charge in [-0.1, -0.05) is 0 Å². The van der Waals surface area contributed by atoms with Crippen molar-refractivity contribution in [3.05, 3.63) is 34.9 Å². The van der Waals surface area contributed by atoms with Gasteiger partial charge in [-0.2, -0.15) is 5.26 Å². The fraction of sp³-hybridized carbons (Fsp3) is 0.111. The highest BCUT2D eigenvalue weighted by Crippen LogP contribution is 2.15. The van der Waals surface area contributed by atoms with E-state index in [-0.39, 0.29) is 5.56 Å². The smallest absolute Gasteiger partial charge is 0.308 e. The third-order valence-electron chi connectivity index (χ3n) is 1.60. The van der Waals surface area contributed by atoms with Gasteiger partial charge in [0.15, 0.2) is 0 Å². The molecule has 0 amide bonds. The SMILES string of the molecule is N#Cc1cc(F)c(CC(=O)O)c(F)c1. The lowest BCUT2D eigenvalue weighted by atomic mass is 10.1. The predicted molar refractivity (Wildman–Crippen MR) is 42.4 cm³/mol. The van der Waals surface area contributed by atoms with Crippen LogP contribution in [0.5, 0.6) is 0 Å². The first kappa shape index (κ1) is 10.1. The standard InChI is InChI=1S/C9H5F2NO2/c10-7-1-5(4-12)2-8(11)6(7)3-9(13)14/h1-2H,3H2,(H,13,14). The van der Waals surface area contributed by atoms with Gasteiger partial charge >= 0.3 is 5.97 Å². The van der Waals surface area contributed by atoms with E-state index in [9.17, 15) is 13.6 Å². The number of nitriles is 1. The Morgan fingerprint density at radius 1 is 1.43 bits per heavy atom. The fourth-order valence-electron chi connectivity index (χ4n) is 0.988. The maximum atomic E-state index is 13.0. The van der Waals surface area contributed by atoms with Gasteiger partial charge in [-0.15, -0.1) is 0 Å². The fourth-order valence-corrected chi connectivity index (χ4v) is 0.988. The molecule has 0 aliphatic heterocycles. The van der Waals surface area contributed by atoms with Crippen molar-refractivity contribution in [1.29, 1.82) is 5.26 Å². The summed E-state index contributed by atoms with van der Waals surface area (Å²) in [5.74, 6) is -3.35. The van der Waals surface area contributed by atoms with Crippen LogP contribution in [0.2, 0.25) is 0 Å². The van der Waals surface area contributed by atoms with Crippen LogP contribution in [0.1, 0.15) is 11.1 Å². The molecule has 1 rings (SSSR count). The molecule has 0 aromatic heterocycles. The van der Waals surface area contributed by atoms with Crippen LogP contribution in [0.3, 0.4) is 0 Å². The van der Waals surface area contributed by atoms with Crippen LogP contribution in [-0.4, -0.2) is 11.1 Å². The number of aliphatic carboxylic acids is 1. The molecule has 0 aliphatic carbocycles. The second kappa shape index (κ2) is 3.83. The van der Waals surface area contributed by atoms with Crippen molar-refractivity contribution in [3.63, 3.8) is 0 Å². The highest BCUT2D eigenvalue weighted by molar-refractivity contribution is 5.70. The van der Waals surface area contributed by atoms with Gasteiger partial charge in [0.25, 0.3) is 0 Å². The summed E-state index contributed by atoms with van der Waals surface area (Å²) in [7, 11) is 0. The number of nitrogens with zero attached hydrogens (tertiary/aromatic N) is 1. The number of hydrogen-bond donors (Lipinski definition) is 1. The largest absolute Gasteiger partial charge is 0.481 e. The number of hydrogen-bond acceptors (Lipinski definition) is 2. The van der Waals surface area contributed by atoms with Gasteiger partial charge in [-0.05, 0) is 12.1 Å². The topological polar surface area (TPSA) is 61.1 Å². The average molecular weight is 197 g/mol. The van der Waals surface area contributed by atoms with E-state index in [0.717, 1.165) is 12.1 Å². The lowest BCUT2D eigenvalue weighted by Gasteiger charge is -2.01. The van der Waals surface area contributed by atoms with E-state index in [1.54, 1.807) is 6.07 Å². The summed E-state index contributed by atoms with van der Waals surface area (Å²) in [4.78, 5) is 10.2. The number of halogens is 2. The zero-order chi connectivity index (χ0) is 10.7. The van der Waals surface area contributed by atoms with Crippen molar-refractivity contribution in [1.82, 2.24) is 0 Å². The maximum absolute atomic E-state index is 13.0.